The maximum Gasteiger partial charge on any atom is 0.265 e. The van der Waals surface area contributed by atoms with Gasteiger partial charge in [0.1, 0.15) is 0 Å². The van der Waals surface area contributed by atoms with Crippen molar-refractivity contribution in [2.24, 2.45) is 0 Å². The van der Waals surface area contributed by atoms with Gasteiger partial charge in [0.2, 0.25) is 0 Å². The first-order chi connectivity index (χ1) is 9.58. The number of nitrogens with one attached hydrogen (secondary N) is 2. The van der Waals surface area contributed by atoms with E-state index in [0.29, 0.717) is 0 Å². The maximum absolute atomic E-state index is 11.8. The number of benzene rings is 1. The Kier molecular flexibility index (Phi) is 3.30. The molecule has 5 heteroatoms. The number of aryl methyl sites for hydroxylation is 2. The Morgan fingerprint density at radius 2 is 1.95 bits per heavy atom. The standard InChI is InChI=1S/C15H21N3O2/c1-9-8-10(2)13(18-6-4-16-5-7-18)14-12(9)17-15(19)11(3)20-14/h8,11,16H,4-7H2,1-3H3,(H,17,19). The van der Waals surface area contributed by atoms with Crippen molar-refractivity contribution in [1.29, 1.82) is 0 Å². The minimum Gasteiger partial charge on any atom is -0.476 e. The lowest BCUT2D eigenvalue weighted by Gasteiger charge is -2.35. The summed E-state index contributed by atoms with van der Waals surface area (Å²) in [5, 5.41) is 6.34. The highest BCUT2D eigenvalue weighted by atomic mass is 16.5. The van der Waals surface area contributed by atoms with Crippen molar-refractivity contribution in [3.8, 4) is 5.75 Å². The van der Waals surface area contributed by atoms with Crippen LogP contribution in [0.3, 0.4) is 0 Å². The van der Waals surface area contributed by atoms with Gasteiger partial charge in [-0.25, -0.2) is 0 Å². The minimum atomic E-state index is -0.439. The fourth-order valence-electron chi connectivity index (χ4n) is 2.95. The SMILES string of the molecule is Cc1cc(C)c(N2CCNCC2)c2c1NC(=O)C(C)O2. The van der Waals surface area contributed by atoms with Crippen LogP contribution in [0.2, 0.25) is 0 Å². The first kappa shape index (κ1) is 13.2. The number of anilines is 2. The third-order valence-electron chi connectivity index (χ3n) is 3.99. The third-order valence-corrected chi connectivity index (χ3v) is 3.99. The maximum atomic E-state index is 11.8. The van der Waals surface area contributed by atoms with E-state index in [2.05, 4.69) is 28.5 Å². The highest BCUT2D eigenvalue weighted by molar-refractivity contribution is 6.00. The van der Waals surface area contributed by atoms with E-state index in [0.717, 1.165) is 48.9 Å². The van der Waals surface area contributed by atoms with E-state index in [9.17, 15) is 4.79 Å². The summed E-state index contributed by atoms with van der Waals surface area (Å²) >= 11 is 0. The van der Waals surface area contributed by atoms with Gasteiger partial charge in [0.05, 0.1) is 11.4 Å². The number of ether oxygens (including phenoxy) is 1. The highest BCUT2D eigenvalue weighted by Crippen LogP contribution is 2.43. The number of hydrogen-bond acceptors (Lipinski definition) is 4. The first-order valence-corrected chi connectivity index (χ1v) is 7.15. The second kappa shape index (κ2) is 4.98. The number of fused-ring (bicyclic) bond motifs is 1. The normalized spacial score (nSPS) is 22.1. The molecule has 1 unspecified atom stereocenters. The molecular weight excluding hydrogens is 254 g/mol. The summed E-state index contributed by atoms with van der Waals surface area (Å²) in [5.74, 6) is 0.757. The first-order valence-electron chi connectivity index (χ1n) is 7.15. The van der Waals surface area contributed by atoms with E-state index in [1.54, 1.807) is 6.92 Å². The van der Waals surface area contributed by atoms with Crippen LogP contribution in [0.15, 0.2) is 6.07 Å². The zero-order chi connectivity index (χ0) is 14.3. The van der Waals surface area contributed by atoms with Crippen LogP contribution in [0.25, 0.3) is 0 Å². The lowest BCUT2D eigenvalue weighted by atomic mass is 10.0. The zero-order valence-electron chi connectivity index (χ0n) is 12.2. The van der Waals surface area contributed by atoms with Crippen molar-refractivity contribution in [3.63, 3.8) is 0 Å². The molecule has 0 radical (unpaired) electrons. The molecule has 0 saturated carbocycles. The Balaban J connectivity index is 2.09. The number of amides is 1. The minimum absolute atomic E-state index is 0.0734. The van der Waals surface area contributed by atoms with Crippen LogP contribution < -0.4 is 20.3 Å². The van der Waals surface area contributed by atoms with Gasteiger partial charge < -0.3 is 20.3 Å². The van der Waals surface area contributed by atoms with Crippen LogP contribution in [-0.4, -0.2) is 38.2 Å². The van der Waals surface area contributed by atoms with Crippen LogP contribution in [0.1, 0.15) is 18.1 Å². The van der Waals surface area contributed by atoms with E-state index >= 15 is 0 Å². The molecule has 1 fully saturated rings. The summed E-state index contributed by atoms with van der Waals surface area (Å²) in [5.41, 5.74) is 4.20. The highest BCUT2D eigenvalue weighted by Gasteiger charge is 2.30. The molecule has 2 N–H and O–H groups in total. The molecule has 5 nitrogen and oxygen atoms in total. The Hall–Kier alpha value is -1.75. The summed E-state index contributed by atoms with van der Waals surface area (Å²) in [4.78, 5) is 14.2. The molecule has 1 aromatic rings. The Bertz CT molecular complexity index is 551. The predicted molar refractivity (Wildman–Crippen MR) is 79.7 cm³/mol. The molecule has 0 aromatic heterocycles. The third kappa shape index (κ3) is 2.12. The van der Waals surface area contributed by atoms with Gasteiger partial charge in [-0.3, -0.25) is 4.79 Å². The average Bonchev–Trinajstić information content (AvgIpc) is 2.42. The second-order valence-electron chi connectivity index (χ2n) is 5.55. The summed E-state index contributed by atoms with van der Waals surface area (Å²) in [7, 11) is 0. The fraction of sp³-hybridized carbons (Fsp3) is 0.533. The number of carbonyl (C=O) groups is 1. The number of rotatable bonds is 1. The molecule has 2 aliphatic rings. The average molecular weight is 275 g/mol. The number of carbonyl (C=O) groups excluding carboxylic acids is 1. The second-order valence-corrected chi connectivity index (χ2v) is 5.55. The van der Waals surface area contributed by atoms with Gasteiger partial charge in [0.25, 0.3) is 5.91 Å². The van der Waals surface area contributed by atoms with Gasteiger partial charge in [-0.05, 0) is 31.9 Å². The van der Waals surface area contributed by atoms with Crippen molar-refractivity contribution in [1.82, 2.24) is 5.32 Å². The molecule has 1 saturated heterocycles. The number of piperazine rings is 1. The van der Waals surface area contributed by atoms with E-state index in [1.165, 1.54) is 5.56 Å². The van der Waals surface area contributed by atoms with E-state index in [1.807, 2.05) is 6.92 Å². The molecular formula is C15H21N3O2. The zero-order valence-corrected chi connectivity index (χ0v) is 12.2. The molecule has 20 heavy (non-hydrogen) atoms. The van der Waals surface area contributed by atoms with Crippen molar-refractivity contribution >= 4 is 17.3 Å². The summed E-state index contributed by atoms with van der Waals surface area (Å²) in [6, 6.07) is 2.12. The Labute approximate surface area is 119 Å². The number of nitrogens with zero attached hydrogens (tertiary/aromatic N) is 1. The van der Waals surface area contributed by atoms with Gasteiger partial charge in [-0.2, -0.15) is 0 Å². The molecule has 0 aliphatic carbocycles. The lowest BCUT2D eigenvalue weighted by Crippen LogP contribution is -2.44. The van der Waals surface area contributed by atoms with Gasteiger partial charge >= 0.3 is 0 Å². The van der Waals surface area contributed by atoms with Crippen LogP contribution in [0.4, 0.5) is 11.4 Å². The monoisotopic (exact) mass is 275 g/mol. The van der Waals surface area contributed by atoms with Crippen molar-refractivity contribution in [3.05, 3.63) is 17.2 Å². The molecule has 1 amide bonds. The molecule has 2 aliphatic heterocycles. The molecule has 0 bridgehead atoms. The van der Waals surface area contributed by atoms with Crippen molar-refractivity contribution < 1.29 is 9.53 Å². The molecule has 1 aromatic carbocycles. The summed E-state index contributed by atoms with van der Waals surface area (Å²) in [6.07, 6.45) is -0.439. The van der Waals surface area contributed by atoms with Gasteiger partial charge in [0, 0.05) is 26.2 Å². The molecule has 1 atom stereocenters. The van der Waals surface area contributed by atoms with Crippen LogP contribution in [0.5, 0.6) is 5.75 Å². The van der Waals surface area contributed by atoms with Crippen LogP contribution in [-0.2, 0) is 4.79 Å². The van der Waals surface area contributed by atoms with Gasteiger partial charge in [-0.15, -0.1) is 0 Å². The molecule has 108 valence electrons. The quantitative estimate of drug-likeness (QED) is 0.814. The predicted octanol–water partition coefficient (Wildman–Crippen LogP) is 1.43. The van der Waals surface area contributed by atoms with Gasteiger partial charge in [0.15, 0.2) is 11.9 Å². The molecule has 3 rings (SSSR count). The molecule has 0 spiro atoms. The van der Waals surface area contributed by atoms with Crippen LogP contribution >= 0.6 is 0 Å². The summed E-state index contributed by atoms with van der Waals surface area (Å²) < 4.78 is 5.92. The Morgan fingerprint density at radius 3 is 2.65 bits per heavy atom. The fourth-order valence-corrected chi connectivity index (χ4v) is 2.95. The van der Waals surface area contributed by atoms with E-state index < -0.39 is 6.10 Å². The van der Waals surface area contributed by atoms with E-state index in [4.69, 9.17) is 4.74 Å². The topological polar surface area (TPSA) is 53.6 Å². The largest absolute Gasteiger partial charge is 0.476 e. The molecule has 2 heterocycles. The van der Waals surface area contributed by atoms with Gasteiger partial charge in [-0.1, -0.05) is 6.07 Å². The lowest BCUT2D eigenvalue weighted by molar-refractivity contribution is -0.122. The summed E-state index contributed by atoms with van der Waals surface area (Å²) in [6.45, 7) is 9.78. The van der Waals surface area contributed by atoms with E-state index in [-0.39, 0.29) is 5.91 Å². The van der Waals surface area contributed by atoms with Crippen LogP contribution in [0, 0.1) is 13.8 Å². The van der Waals surface area contributed by atoms with Crippen molar-refractivity contribution in [2.75, 3.05) is 36.4 Å². The Morgan fingerprint density at radius 1 is 1.25 bits per heavy atom. The smallest absolute Gasteiger partial charge is 0.265 e. The van der Waals surface area contributed by atoms with Crippen molar-refractivity contribution in [2.45, 2.75) is 26.9 Å². The number of hydrogen-bond donors (Lipinski definition) is 2.